The Bertz CT molecular complexity index is 1220. The van der Waals surface area contributed by atoms with Crippen molar-refractivity contribution in [3.05, 3.63) is 75.8 Å². The molecule has 0 saturated heterocycles. The topological polar surface area (TPSA) is 105 Å². The molecule has 0 aliphatic heterocycles. The summed E-state index contributed by atoms with van der Waals surface area (Å²) < 4.78 is 27.2. The number of hydrogen-bond donors (Lipinski definition) is 1. The van der Waals surface area contributed by atoms with E-state index < -0.39 is 11.9 Å². The van der Waals surface area contributed by atoms with Gasteiger partial charge in [-0.1, -0.05) is 15.9 Å². The van der Waals surface area contributed by atoms with Crippen molar-refractivity contribution in [3.63, 3.8) is 0 Å². The smallest absolute Gasteiger partial charge is 0.343 e. The largest absolute Gasteiger partial charge is 0.497 e. The number of ether oxygens (including phenoxy) is 5. The van der Waals surface area contributed by atoms with Crippen molar-refractivity contribution in [2.24, 2.45) is 5.10 Å². The average molecular weight is 543 g/mol. The van der Waals surface area contributed by atoms with Crippen LogP contribution in [0.1, 0.15) is 26.3 Å². The van der Waals surface area contributed by atoms with E-state index in [1.54, 1.807) is 49.6 Å². The second kappa shape index (κ2) is 11.9. The van der Waals surface area contributed by atoms with Gasteiger partial charge < -0.3 is 23.7 Å². The molecule has 10 heteroatoms. The number of carbonyl (C=O) groups excluding carboxylic acids is 2. The third kappa shape index (κ3) is 6.30. The Balaban J connectivity index is 1.77. The van der Waals surface area contributed by atoms with Crippen LogP contribution in [0.3, 0.4) is 0 Å². The molecule has 0 aliphatic rings. The maximum absolute atomic E-state index is 12.7. The van der Waals surface area contributed by atoms with Crippen molar-refractivity contribution in [2.45, 2.75) is 0 Å². The Morgan fingerprint density at radius 3 is 2.03 bits per heavy atom. The molecular formula is C25H23BrN2O7. The highest BCUT2D eigenvalue weighted by molar-refractivity contribution is 9.10. The minimum Gasteiger partial charge on any atom is -0.497 e. The summed E-state index contributed by atoms with van der Waals surface area (Å²) in [6, 6.07) is 14.6. The fourth-order valence-corrected chi connectivity index (χ4v) is 3.42. The lowest BCUT2D eigenvalue weighted by Gasteiger charge is -2.13. The molecule has 0 spiro atoms. The molecule has 3 rings (SSSR count). The molecular weight excluding hydrogens is 520 g/mol. The number of carbonyl (C=O) groups is 2. The quantitative estimate of drug-likeness (QED) is 0.184. The van der Waals surface area contributed by atoms with E-state index in [1.807, 2.05) is 0 Å². The third-order valence-corrected chi connectivity index (χ3v) is 5.29. The van der Waals surface area contributed by atoms with E-state index in [0.717, 1.165) is 4.47 Å². The molecule has 3 aromatic rings. The molecule has 0 saturated carbocycles. The second-order valence-electron chi connectivity index (χ2n) is 6.91. The SMILES string of the molecule is COc1ccc(C(=O)Oc2ccc(Br)cc2C=NNC(=O)c2cc(OC)c(OC)c(OC)c2)cc1. The van der Waals surface area contributed by atoms with Crippen LogP contribution in [0, 0.1) is 0 Å². The maximum atomic E-state index is 12.7. The van der Waals surface area contributed by atoms with Crippen LogP contribution in [0.25, 0.3) is 0 Å². The fourth-order valence-electron chi connectivity index (χ4n) is 3.04. The van der Waals surface area contributed by atoms with Gasteiger partial charge >= 0.3 is 5.97 Å². The number of rotatable bonds is 9. The van der Waals surface area contributed by atoms with Crippen LogP contribution in [0.2, 0.25) is 0 Å². The van der Waals surface area contributed by atoms with E-state index in [9.17, 15) is 9.59 Å². The molecule has 1 N–H and O–H groups in total. The van der Waals surface area contributed by atoms with E-state index >= 15 is 0 Å². The summed E-state index contributed by atoms with van der Waals surface area (Å²) >= 11 is 3.38. The standard InChI is InChI=1S/C25H23BrN2O7/c1-31-19-8-5-15(6-9-19)25(30)35-20-10-7-18(26)11-17(20)14-27-28-24(29)16-12-21(32-2)23(34-4)22(13-16)33-3/h5-14H,1-4H3,(H,28,29). The number of amides is 1. The molecule has 0 heterocycles. The number of nitrogens with zero attached hydrogens (tertiary/aromatic N) is 1. The maximum Gasteiger partial charge on any atom is 0.343 e. The van der Waals surface area contributed by atoms with Gasteiger partial charge in [0.15, 0.2) is 11.5 Å². The number of methoxy groups -OCH3 is 4. The lowest BCUT2D eigenvalue weighted by atomic mass is 10.1. The van der Waals surface area contributed by atoms with Gasteiger partial charge in [-0.15, -0.1) is 0 Å². The van der Waals surface area contributed by atoms with Crippen LogP contribution in [-0.4, -0.2) is 46.5 Å². The number of nitrogens with one attached hydrogen (secondary N) is 1. The van der Waals surface area contributed by atoms with Crippen molar-refractivity contribution in [2.75, 3.05) is 28.4 Å². The minimum atomic E-state index is -0.550. The van der Waals surface area contributed by atoms with Gasteiger partial charge in [-0.05, 0) is 54.6 Å². The molecule has 3 aromatic carbocycles. The van der Waals surface area contributed by atoms with Gasteiger partial charge in [-0.2, -0.15) is 5.10 Å². The first-order valence-electron chi connectivity index (χ1n) is 10.2. The summed E-state index contributed by atoms with van der Waals surface area (Å²) in [6.07, 6.45) is 1.37. The highest BCUT2D eigenvalue weighted by Gasteiger charge is 2.17. The number of benzene rings is 3. The van der Waals surface area contributed by atoms with Gasteiger partial charge in [0.05, 0.1) is 40.2 Å². The predicted octanol–water partition coefficient (Wildman–Crippen LogP) is 4.47. The Kier molecular flexibility index (Phi) is 8.69. The molecule has 182 valence electrons. The zero-order valence-corrected chi connectivity index (χ0v) is 21.0. The number of esters is 1. The average Bonchev–Trinajstić information content (AvgIpc) is 2.88. The number of halogens is 1. The fraction of sp³-hybridized carbons (Fsp3) is 0.160. The van der Waals surface area contributed by atoms with Crippen molar-refractivity contribution in [3.8, 4) is 28.7 Å². The minimum absolute atomic E-state index is 0.247. The van der Waals surface area contributed by atoms with Crippen LogP contribution in [0.4, 0.5) is 0 Å². The molecule has 0 fully saturated rings. The molecule has 1 amide bonds. The van der Waals surface area contributed by atoms with E-state index in [4.69, 9.17) is 23.7 Å². The summed E-state index contributed by atoms with van der Waals surface area (Å²) in [5.74, 6) is 0.868. The van der Waals surface area contributed by atoms with E-state index in [-0.39, 0.29) is 11.3 Å². The van der Waals surface area contributed by atoms with Crippen LogP contribution in [0.5, 0.6) is 28.7 Å². The molecule has 0 radical (unpaired) electrons. The number of hydrazone groups is 1. The molecule has 0 aliphatic carbocycles. The first-order chi connectivity index (χ1) is 16.9. The third-order valence-electron chi connectivity index (χ3n) is 4.80. The van der Waals surface area contributed by atoms with E-state index in [0.29, 0.717) is 34.1 Å². The van der Waals surface area contributed by atoms with Gasteiger partial charge in [0.2, 0.25) is 5.75 Å². The van der Waals surface area contributed by atoms with Crippen molar-refractivity contribution >= 4 is 34.0 Å². The van der Waals surface area contributed by atoms with Gasteiger partial charge in [-0.3, -0.25) is 4.79 Å². The molecule has 9 nitrogen and oxygen atoms in total. The second-order valence-corrected chi connectivity index (χ2v) is 7.83. The Hall–Kier alpha value is -4.05. The zero-order chi connectivity index (χ0) is 25.4. The van der Waals surface area contributed by atoms with Gasteiger partial charge in [0.1, 0.15) is 11.5 Å². The van der Waals surface area contributed by atoms with Crippen LogP contribution >= 0.6 is 15.9 Å². The van der Waals surface area contributed by atoms with E-state index in [1.165, 1.54) is 39.7 Å². The summed E-state index contributed by atoms with van der Waals surface area (Å²) in [5.41, 5.74) is 3.51. The molecule has 0 bridgehead atoms. The lowest BCUT2D eigenvalue weighted by molar-refractivity contribution is 0.0734. The molecule has 0 aromatic heterocycles. The normalized spacial score (nSPS) is 10.5. The van der Waals surface area contributed by atoms with Crippen LogP contribution in [-0.2, 0) is 0 Å². The Morgan fingerprint density at radius 2 is 1.46 bits per heavy atom. The summed E-state index contributed by atoms with van der Waals surface area (Å²) in [4.78, 5) is 25.2. The van der Waals surface area contributed by atoms with Crippen LogP contribution in [0.15, 0.2) is 64.2 Å². The Labute approximate surface area is 210 Å². The molecule has 35 heavy (non-hydrogen) atoms. The highest BCUT2D eigenvalue weighted by atomic mass is 79.9. The summed E-state index contributed by atoms with van der Waals surface area (Å²) in [5, 5.41) is 4.01. The predicted molar refractivity (Wildman–Crippen MR) is 133 cm³/mol. The highest BCUT2D eigenvalue weighted by Crippen LogP contribution is 2.38. The lowest BCUT2D eigenvalue weighted by Crippen LogP contribution is -2.18. The van der Waals surface area contributed by atoms with Crippen LogP contribution < -0.4 is 29.1 Å². The first-order valence-corrected chi connectivity index (χ1v) is 11.0. The summed E-state index contributed by atoms with van der Waals surface area (Å²) in [7, 11) is 5.93. The van der Waals surface area contributed by atoms with Crippen molar-refractivity contribution in [1.29, 1.82) is 0 Å². The summed E-state index contributed by atoms with van der Waals surface area (Å²) in [6.45, 7) is 0. The zero-order valence-electron chi connectivity index (χ0n) is 19.5. The van der Waals surface area contributed by atoms with Gasteiger partial charge in [-0.25, -0.2) is 10.2 Å². The number of hydrogen-bond acceptors (Lipinski definition) is 8. The van der Waals surface area contributed by atoms with Crippen molar-refractivity contribution < 1.29 is 33.3 Å². The monoisotopic (exact) mass is 542 g/mol. The van der Waals surface area contributed by atoms with Gasteiger partial charge in [0, 0.05) is 15.6 Å². The molecule has 0 atom stereocenters. The van der Waals surface area contributed by atoms with E-state index in [2.05, 4.69) is 26.5 Å². The molecule has 0 unspecified atom stereocenters. The van der Waals surface area contributed by atoms with Crippen molar-refractivity contribution in [1.82, 2.24) is 5.43 Å². The Morgan fingerprint density at radius 1 is 0.800 bits per heavy atom. The first kappa shape index (κ1) is 25.6. The van der Waals surface area contributed by atoms with Gasteiger partial charge in [0.25, 0.3) is 5.91 Å².